The van der Waals surface area contributed by atoms with Crippen molar-refractivity contribution < 1.29 is 14.7 Å². The average molecular weight is 206 g/mol. The summed E-state index contributed by atoms with van der Waals surface area (Å²) in [4.78, 5) is 21.4. The summed E-state index contributed by atoms with van der Waals surface area (Å²) in [7, 11) is 0. The van der Waals surface area contributed by atoms with Gasteiger partial charge in [0, 0.05) is 12.5 Å². The Hall–Kier alpha value is -2.17. The van der Waals surface area contributed by atoms with Crippen molar-refractivity contribution in [3.63, 3.8) is 0 Å². The van der Waals surface area contributed by atoms with Gasteiger partial charge in [-0.3, -0.25) is 4.79 Å². The SMILES string of the molecule is CC(=O)N/N=C(\C(=O)O)c1ccccc1. The first-order valence-electron chi connectivity index (χ1n) is 4.24. The molecule has 1 amide bonds. The summed E-state index contributed by atoms with van der Waals surface area (Å²) in [6.45, 7) is 1.26. The van der Waals surface area contributed by atoms with Gasteiger partial charge in [-0.1, -0.05) is 30.3 Å². The van der Waals surface area contributed by atoms with Crippen molar-refractivity contribution in [2.45, 2.75) is 6.92 Å². The van der Waals surface area contributed by atoms with Gasteiger partial charge in [-0.15, -0.1) is 0 Å². The molecule has 0 spiro atoms. The number of carboxylic acids is 1. The number of carboxylic acid groups (broad SMARTS) is 1. The predicted octanol–water partition coefficient (Wildman–Crippen LogP) is 0.611. The van der Waals surface area contributed by atoms with Gasteiger partial charge >= 0.3 is 5.97 Å². The van der Waals surface area contributed by atoms with Crippen LogP contribution in [0.5, 0.6) is 0 Å². The van der Waals surface area contributed by atoms with E-state index in [-0.39, 0.29) is 5.71 Å². The lowest BCUT2D eigenvalue weighted by atomic mass is 10.1. The molecule has 0 aliphatic heterocycles. The summed E-state index contributed by atoms with van der Waals surface area (Å²) in [5, 5.41) is 12.4. The summed E-state index contributed by atoms with van der Waals surface area (Å²) in [5.41, 5.74) is 2.35. The summed E-state index contributed by atoms with van der Waals surface area (Å²) in [5.74, 6) is -1.60. The van der Waals surface area contributed by atoms with Crippen LogP contribution in [-0.4, -0.2) is 22.7 Å². The van der Waals surface area contributed by atoms with Crippen LogP contribution in [-0.2, 0) is 9.59 Å². The van der Waals surface area contributed by atoms with Crippen LogP contribution in [0.1, 0.15) is 12.5 Å². The minimum atomic E-state index is -1.19. The number of carbonyl (C=O) groups excluding carboxylic acids is 1. The van der Waals surface area contributed by atoms with E-state index in [2.05, 4.69) is 10.5 Å². The van der Waals surface area contributed by atoms with E-state index in [9.17, 15) is 9.59 Å². The van der Waals surface area contributed by atoms with Crippen molar-refractivity contribution in [3.8, 4) is 0 Å². The monoisotopic (exact) mass is 206 g/mol. The molecule has 2 N–H and O–H groups in total. The molecule has 0 aromatic heterocycles. The highest BCUT2D eigenvalue weighted by Gasteiger charge is 2.11. The number of nitrogens with zero attached hydrogens (tertiary/aromatic N) is 1. The maximum atomic E-state index is 10.8. The maximum absolute atomic E-state index is 10.8. The molecule has 0 fully saturated rings. The van der Waals surface area contributed by atoms with Crippen LogP contribution in [0, 0.1) is 0 Å². The molecule has 0 unspecified atom stereocenters. The number of hydrazone groups is 1. The largest absolute Gasteiger partial charge is 0.476 e. The minimum absolute atomic E-state index is 0.189. The van der Waals surface area contributed by atoms with E-state index in [1.807, 2.05) is 0 Å². The van der Waals surface area contributed by atoms with Crippen LogP contribution in [0.3, 0.4) is 0 Å². The van der Waals surface area contributed by atoms with Crippen molar-refractivity contribution in [2.24, 2.45) is 5.10 Å². The second-order valence-electron chi connectivity index (χ2n) is 2.80. The standard InChI is InChI=1S/C10H10N2O3/c1-7(13)11-12-9(10(14)15)8-5-3-2-4-6-8/h2-6H,1H3,(H,11,13)(H,14,15)/b12-9-. The summed E-state index contributed by atoms with van der Waals surface area (Å²) in [6.07, 6.45) is 0. The van der Waals surface area contributed by atoms with Crippen LogP contribution >= 0.6 is 0 Å². The van der Waals surface area contributed by atoms with E-state index in [1.165, 1.54) is 6.92 Å². The quantitative estimate of drug-likeness (QED) is 0.561. The highest BCUT2D eigenvalue weighted by Crippen LogP contribution is 2.00. The van der Waals surface area contributed by atoms with Crippen LogP contribution in [0.2, 0.25) is 0 Å². The first-order chi connectivity index (χ1) is 7.11. The van der Waals surface area contributed by atoms with Gasteiger partial charge in [-0.25, -0.2) is 10.2 Å². The number of hydrogen-bond donors (Lipinski definition) is 2. The van der Waals surface area contributed by atoms with E-state index in [4.69, 9.17) is 5.11 Å². The number of nitrogens with one attached hydrogen (secondary N) is 1. The zero-order chi connectivity index (χ0) is 11.3. The fourth-order valence-corrected chi connectivity index (χ4v) is 0.966. The Morgan fingerprint density at radius 2 is 1.87 bits per heavy atom. The lowest BCUT2D eigenvalue weighted by molar-refractivity contribution is -0.129. The number of rotatable bonds is 3. The Kier molecular flexibility index (Phi) is 3.56. The fraction of sp³-hybridized carbons (Fsp3) is 0.100. The number of amides is 1. The van der Waals surface area contributed by atoms with Crippen molar-refractivity contribution in [1.29, 1.82) is 0 Å². The van der Waals surface area contributed by atoms with Gasteiger partial charge in [-0.2, -0.15) is 5.10 Å². The predicted molar refractivity (Wildman–Crippen MR) is 54.4 cm³/mol. The second kappa shape index (κ2) is 4.90. The van der Waals surface area contributed by atoms with Crippen LogP contribution in [0.25, 0.3) is 0 Å². The molecule has 0 radical (unpaired) electrons. The zero-order valence-corrected chi connectivity index (χ0v) is 8.10. The zero-order valence-electron chi connectivity index (χ0n) is 8.10. The third-order valence-corrected chi connectivity index (χ3v) is 1.57. The molecular weight excluding hydrogens is 196 g/mol. The molecule has 5 nitrogen and oxygen atoms in total. The van der Waals surface area contributed by atoms with Gasteiger partial charge < -0.3 is 5.11 Å². The van der Waals surface area contributed by atoms with Gasteiger partial charge in [0.05, 0.1) is 0 Å². The number of benzene rings is 1. The Morgan fingerprint density at radius 1 is 1.27 bits per heavy atom. The van der Waals surface area contributed by atoms with E-state index in [0.717, 1.165) is 0 Å². The molecular formula is C10H10N2O3. The third-order valence-electron chi connectivity index (χ3n) is 1.57. The number of carbonyl (C=O) groups is 2. The molecule has 0 bridgehead atoms. The van der Waals surface area contributed by atoms with Crippen molar-refractivity contribution in [1.82, 2.24) is 5.43 Å². The van der Waals surface area contributed by atoms with Crippen molar-refractivity contribution in [3.05, 3.63) is 35.9 Å². The maximum Gasteiger partial charge on any atom is 0.356 e. The summed E-state index contributed by atoms with van der Waals surface area (Å²) in [6, 6.07) is 8.37. The molecule has 0 aliphatic carbocycles. The highest BCUT2D eigenvalue weighted by atomic mass is 16.4. The van der Waals surface area contributed by atoms with E-state index >= 15 is 0 Å². The van der Waals surface area contributed by atoms with Crippen molar-refractivity contribution in [2.75, 3.05) is 0 Å². The van der Waals surface area contributed by atoms with Crippen LogP contribution in [0.15, 0.2) is 35.4 Å². The highest BCUT2D eigenvalue weighted by molar-refractivity contribution is 6.42. The normalized spacial score (nSPS) is 10.9. The molecule has 0 atom stereocenters. The molecule has 1 aromatic carbocycles. The second-order valence-corrected chi connectivity index (χ2v) is 2.80. The van der Waals surface area contributed by atoms with E-state index in [1.54, 1.807) is 30.3 Å². The third kappa shape index (κ3) is 3.22. The van der Waals surface area contributed by atoms with Crippen molar-refractivity contribution >= 4 is 17.6 Å². The summed E-state index contributed by atoms with van der Waals surface area (Å²) < 4.78 is 0. The van der Waals surface area contributed by atoms with E-state index in [0.29, 0.717) is 5.56 Å². The van der Waals surface area contributed by atoms with Gasteiger partial charge in [0.25, 0.3) is 0 Å². The molecule has 0 heterocycles. The molecule has 15 heavy (non-hydrogen) atoms. The van der Waals surface area contributed by atoms with Gasteiger partial charge in [0.2, 0.25) is 5.91 Å². The van der Waals surface area contributed by atoms with E-state index < -0.39 is 11.9 Å². The Bertz CT molecular complexity index is 398. The lowest BCUT2D eigenvalue weighted by Gasteiger charge is -2.00. The Labute approximate surface area is 86.4 Å². The van der Waals surface area contributed by atoms with Crippen LogP contribution < -0.4 is 5.43 Å². The Morgan fingerprint density at radius 3 is 2.33 bits per heavy atom. The summed E-state index contributed by atoms with van der Waals surface area (Å²) >= 11 is 0. The van der Waals surface area contributed by atoms with Gasteiger partial charge in [0.15, 0.2) is 5.71 Å². The molecule has 1 aromatic rings. The van der Waals surface area contributed by atoms with Crippen LogP contribution in [0.4, 0.5) is 0 Å². The molecule has 78 valence electrons. The number of aliphatic carboxylic acids is 1. The lowest BCUT2D eigenvalue weighted by Crippen LogP contribution is -2.21. The molecule has 0 saturated heterocycles. The molecule has 0 saturated carbocycles. The molecule has 0 aliphatic rings. The van der Waals surface area contributed by atoms with Gasteiger partial charge in [-0.05, 0) is 0 Å². The molecule has 5 heteroatoms. The fourth-order valence-electron chi connectivity index (χ4n) is 0.966. The first kappa shape index (κ1) is 10.9. The molecule has 1 rings (SSSR count). The first-order valence-corrected chi connectivity index (χ1v) is 4.24. The smallest absolute Gasteiger partial charge is 0.356 e. The Balaban J connectivity index is 2.99. The average Bonchev–Trinajstić information content (AvgIpc) is 2.18. The minimum Gasteiger partial charge on any atom is -0.476 e. The van der Waals surface area contributed by atoms with Gasteiger partial charge in [0.1, 0.15) is 0 Å². The topological polar surface area (TPSA) is 78.8 Å². The number of hydrogen-bond acceptors (Lipinski definition) is 3.